The second-order valence-electron chi connectivity index (χ2n) is 8.09. The van der Waals surface area contributed by atoms with Gasteiger partial charge in [-0.3, -0.25) is 4.57 Å². The minimum Gasteiger partial charge on any atom is -0.271 e. The number of hydrogen-bond acceptors (Lipinski definition) is 5. The first-order chi connectivity index (χ1) is 15.6. The molecule has 0 bridgehead atoms. The van der Waals surface area contributed by atoms with E-state index in [1.807, 2.05) is 60.7 Å². The van der Waals surface area contributed by atoms with Crippen LogP contribution in [0.15, 0.2) is 59.4 Å². The molecule has 0 aliphatic heterocycles. The molecule has 0 fully saturated rings. The summed E-state index contributed by atoms with van der Waals surface area (Å²) in [6.07, 6.45) is 4.80. The van der Waals surface area contributed by atoms with Crippen molar-refractivity contribution in [1.29, 1.82) is 0 Å². The monoisotopic (exact) mass is 429 g/mol. The van der Waals surface area contributed by atoms with Crippen LogP contribution in [-0.2, 0) is 13.1 Å². The molecule has 4 rings (SSSR count). The number of aromatic nitrogens is 7. The summed E-state index contributed by atoms with van der Waals surface area (Å²) in [5.41, 5.74) is 3.78. The lowest BCUT2D eigenvalue weighted by molar-refractivity contribution is 0.466. The number of H-pyrrole nitrogens is 1. The van der Waals surface area contributed by atoms with Gasteiger partial charge in [-0.1, -0.05) is 69.3 Å². The van der Waals surface area contributed by atoms with Crippen LogP contribution in [0.25, 0.3) is 28.6 Å². The zero-order chi connectivity index (χ0) is 22.5. The van der Waals surface area contributed by atoms with Crippen LogP contribution in [-0.4, -0.2) is 35.0 Å². The maximum absolute atomic E-state index is 13.1. The predicted molar refractivity (Wildman–Crippen MR) is 125 cm³/mol. The first-order valence-electron chi connectivity index (χ1n) is 10.8. The molecule has 8 nitrogen and oxygen atoms in total. The fourth-order valence-corrected chi connectivity index (χ4v) is 3.62. The number of aromatic amines is 1. The lowest BCUT2D eigenvalue weighted by atomic mass is 9.97. The van der Waals surface area contributed by atoms with Crippen LogP contribution in [0.2, 0.25) is 0 Å². The third-order valence-corrected chi connectivity index (χ3v) is 5.09. The topological polar surface area (TPSA) is 94.3 Å². The summed E-state index contributed by atoms with van der Waals surface area (Å²) in [7, 11) is 0. The Morgan fingerprint density at radius 1 is 1.09 bits per heavy atom. The summed E-state index contributed by atoms with van der Waals surface area (Å²) < 4.78 is 3.27. The number of nitrogens with zero attached hydrogens (tertiary/aromatic N) is 6. The Labute approximate surface area is 186 Å². The molecule has 0 saturated heterocycles. The van der Waals surface area contributed by atoms with Gasteiger partial charge in [0.15, 0.2) is 5.82 Å². The predicted octanol–water partition coefficient (Wildman–Crippen LogP) is 4.02. The molecule has 0 spiro atoms. The molecular formula is C24H27N7O. The van der Waals surface area contributed by atoms with Gasteiger partial charge in [-0.15, -0.1) is 10.2 Å². The Hall–Kier alpha value is -3.81. The van der Waals surface area contributed by atoms with Crippen molar-refractivity contribution in [3.8, 4) is 22.5 Å². The van der Waals surface area contributed by atoms with Crippen molar-refractivity contribution < 1.29 is 0 Å². The summed E-state index contributed by atoms with van der Waals surface area (Å²) in [4.78, 5) is 13.1. The third kappa shape index (κ3) is 4.59. The quantitative estimate of drug-likeness (QED) is 0.456. The highest BCUT2D eigenvalue weighted by Crippen LogP contribution is 2.31. The van der Waals surface area contributed by atoms with Gasteiger partial charge < -0.3 is 0 Å². The number of benzene rings is 2. The van der Waals surface area contributed by atoms with Gasteiger partial charge in [0.2, 0.25) is 5.82 Å². The van der Waals surface area contributed by atoms with Crippen molar-refractivity contribution in [3.05, 3.63) is 76.5 Å². The lowest BCUT2D eigenvalue weighted by Gasteiger charge is -2.11. The zero-order valence-corrected chi connectivity index (χ0v) is 18.6. The largest absolute Gasteiger partial charge is 0.346 e. The minimum absolute atomic E-state index is 0.109. The highest BCUT2D eigenvalue weighted by Gasteiger charge is 2.16. The SMILES string of the molecule is CC/C=C/c1nn(CC(C)C)c(=O)n1Cc1ccc(-c2ccccc2)c(-c2nn[nH]n2)c1. The second kappa shape index (κ2) is 9.55. The highest BCUT2D eigenvalue weighted by atomic mass is 16.2. The van der Waals surface area contributed by atoms with Gasteiger partial charge in [0.05, 0.1) is 6.54 Å². The smallest absolute Gasteiger partial charge is 0.271 e. The number of rotatable bonds is 8. The van der Waals surface area contributed by atoms with Gasteiger partial charge in [0, 0.05) is 12.1 Å². The van der Waals surface area contributed by atoms with Gasteiger partial charge in [0.25, 0.3) is 0 Å². The van der Waals surface area contributed by atoms with E-state index < -0.39 is 0 Å². The van der Waals surface area contributed by atoms with Gasteiger partial charge in [-0.2, -0.15) is 10.3 Å². The van der Waals surface area contributed by atoms with E-state index in [2.05, 4.69) is 46.5 Å². The molecule has 164 valence electrons. The third-order valence-electron chi connectivity index (χ3n) is 5.09. The number of hydrogen-bond donors (Lipinski definition) is 1. The first kappa shape index (κ1) is 21.4. The molecule has 0 atom stereocenters. The van der Waals surface area contributed by atoms with E-state index in [0.29, 0.717) is 30.7 Å². The van der Waals surface area contributed by atoms with E-state index in [0.717, 1.165) is 28.7 Å². The Morgan fingerprint density at radius 3 is 2.59 bits per heavy atom. The van der Waals surface area contributed by atoms with E-state index in [4.69, 9.17) is 0 Å². The van der Waals surface area contributed by atoms with Crippen molar-refractivity contribution in [2.45, 2.75) is 40.3 Å². The number of tetrazole rings is 1. The van der Waals surface area contributed by atoms with Crippen LogP contribution in [0.5, 0.6) is 0 Å². The van der Waals surface area contributed by atoms with Gasteiger partial charge in [-0.25, -0.2) is 9.48 Å². The van der Waals surface area contributed by atoms with E-state index in [-0.39, 0.29) is 5.69 Å². The zero-order valence-electron chi connectivity index (χ0n) is 18.6. The van der Waals surface area contributed by atoms with Crippen molar-refractivity contribution in [2.75, 3.05) is 0 Å². The van der Waals surface area contributed by atoms with Crippen LogP contribution in [0.1, 0.15) is 38.6 Å². The molecule has 1 N–H and O–H groups in total. The van der Waals surface area contributed by atoms with E-state index >= 15 is 0 Å². The van der Waals surface area contributed by atoms with Crippen molar-refractivity contribution in [3.63, 3.8) is 0 Å². The summed E-state index contributed by atoms with van der Waals surface area (Å²) in [6.45, 7) is 7.20. The Balaban J connectivity index is 1.77. The Bertz CT molecular complexity index is 1250. The molecule has 2 heterocycles. The maximum atomic E-state index is 13.1. The van der Waals surface area contributed by atoms with E-state index in [1.165, 1.54) is 0 Å². The highest BCUT2D eigenvalue weighted by molar-refractivity contribution is 5.80. The average molecular weight is 430 g/mol. The summed E-state index contributed by atoms with van der Waals surface area (Å²) in [6, 6.07) is 16.2. The van der Waals surface area contributed by atoms with Crippen LogP contribution in [0.4, 0.5) is 0 Å². The van der Waals surface area contributed by atoms with Crippen molar-refractivity contribution >= 4 is 6.08 Å². The van der Waals surface area contributed by atoms with E-state index in [9.17, 15) is 4.79 Å². The van der Waals surface area contributed by atoms with Crippen LogP contribution >= 0.6 is 0 Å². The standard InChI is InChI=1S/C24H27N7O/c1-4-5-11-22-27-31(15-17(2)3)24(32)30(22)16-18-12-13-20(19-9-7-6-8-10-19)21(14-18)23-25-28-29-26-23/h5-14,17H,4,15-16H2,1-3H3,(H,25,26,28,29)/b11-5+. The molecule has 0 unspecified atom stereocenters. The molecule has 4 aromatic rings. The molecule has 2 aromatic carbocycles. The van der Waals surface area contributed by atoms with Crippen LogP contribution in [0.3, 0.4) is 0 Å². The van der Waals surface area contributed by atoms with Crippen molar-refractivity contribution in [1.82, 2.24) is 35.0 Å². The maximum Gasteiger partial charge on any atom is 0.346 e. The Morgan fingerprint density at radius 2 is 1.91 bits per heavy atom. The molecule has 8 heteroatoms. The number of allylic oxidation sites excluding steroid dienone is 1. The molecule has 2 aromatic heterocycles. The molecule has 0 saturated carbocycles. The van der Waals surface area contributed by atoms with Crippen LogP contribution in [0, 0.1) is 5.92 Å². The summed E-state index contributed by atoms with van der Waals surface area (Å²) >= 11 is 0. The molecular weight excluding hydrogens is 402 g/mol. The summed E-state index contributed by atoms with van der Waals surface area (Å²) in [5.74, 6) is 1.50. The lowest BCUT2D eigenvalue weighted by Crippen LogP contribution is -2.27. The van der Waals surface area contributed by atoms with Crippen molar-refractivity contribution in [2.24, 2.45) is 5.92 Å². The molecule has 0 amide bonds. The van der Waals surface area contributed by atoms with E-state index in [1.54, 1.807) is 9.25 Å². The normalized spacial score (nSPS) is 11.6. The molecule has 32 heavy (non-hydrogen) atoms. The second-order valence-corrected chi connectivity index (χ2v) is 8.09. The van der Waals surface area contributed by atoms with Crippen LogP contribution < -0.4 is 5.69 Å². The van der Waals surface area contributed by atoms with Gasteiger partial charge >= 0.3 is 5.69 Å². The molecule has 0 radical (unpaired) electrons. The molecule has 0 aliphatic carbocycles. The summed E-state index contributed by atoms with van der Waals surface area (Å²) in [5, 5.41) is 19.2. The fraction of sp³-hybridized carbons (Fsp3) is 0.292. The first-order valence-corrected chi connectivity index (χ1v) is 10.8. The Kier molecular flexibility index (Phi) is 6.39. The minimum atomic E-state index is -0.109. The fourth-order valence-electron chi connectivity index (χ4n) is 3.62. The van der Waals surface area contributed by atoms with Gasteiger partial charge in [0.1, 0.15) is 0 Å². The molecule has 0 aliphatic rings. The average Bonchev–Trinajstić information content (AvgIpc) is 3.43. The number of nitrogens with one attached hydrogen (secondary N) is 1. The van der Waals surface area contributed by atoms with Gasteiger partial charge in [-0.05, 0) is 46.4 Å².